The number of hydrogen-bond acceptors (Lipinski definition) is 3. The highest BCUT2D eigenvalue weighted by atomic mass is 32.2. The van der Waals surface area contributed by atoms with E-state index in [2.05, 4.69) is 4.72 Å². The van der Waals surface area contributed by atoms with Gasteiger partial charge in [-0.25, -0.2) is 13.1 Å². The topological polar surface area (TPSA) is 63.2 Å². The summed E-state index contributed by atoms with van der Waals surface area (Å²) in [6.45, 7) is 0. The van der Waals surface area contributed by atoms with Gasteiger partial charge in [-0.1, -0.05) is 18.2 Å². The molecule has 1 N–H and O–H groups in total. The number of benzene rings is 1. The fourth-order valence-corrected chi connectivity index (χ4v) is 1.84. The molecule has 70 valence electrons. The normalized spacial score (nSPS) is 11.2. The van der Waals surface area contributed by atoms with Crippen LogP contribution < -0.4 is 4.72 Å². The second-order valence-corrected chi connectivity index (χ2v) is 4.22. The smallest absolute Gasteiger partial charge is 0.241 e. The lowest BCUT2D eigenvalue weighted by atomic mass is 10.2. The van der Waals surface area contributed by atoms with E-state index in [0.29, 0.717) is 6.29 Å². The quantitative estimate of drug-likeness (QED) is 0.717. The Labute approximate surface area is 76.6 Å². The van der Waals surface area contributed by atoms with Gasteiger partial charge in [0.25, 0.3) is 0 Å². The Balaban J connectivity index is 3.37. The summed E-state index contributed by atoms with van der Waals surface area (Å²) < 4.78 is 24.8. The lowest BCUT2D eigenvalue weighted by Crippen LogP contribution is -2.19. The van der Waals surface area contributed by atoms with Crippen molar-refractivity contribution in [1.82, 2.24) is 4.72 Å². The number of aldehydes is 1. The zero-order valence-electron chi connectivity index (χ0n) is 7.02. The third-order valence-corrected chi connectivity index (χ3v) is 3.09. The van der Waals surface area contributed by atoms with Crippen molar-refractivity contribution in [3.8, 4) is 0 Å². The van der Waals surface area contributed by atoms with Gasteiger partial charge in [-0.05, 0) is 13.1 Å². The Morgan fingerprint density at radius 3 is 2.46 bits per heavy atom. The van der Waals surface area contributed by atoms with Gasteiger partial charge in [0, 0.05) is 5.56 Å². The molecule has 0 saturated heterocycles. The second-order valence-electron chi connectivity index (χ2n) is 2.36. The summed E-state index contributed by atoms with van der Waals surface area (Å²) in [5.74, 6) is 0. The average molecular weight is 199 g/mol. The van der Waals surface area contributed by atoms with Crippen molar-refractivity contribution >= 4 is 16.3 Å². The van der Waals surface area contributed by atoms with E-state index in [4.69, 9.17) is 0 Å². The Morgan fingerprint density at radius 1 is 1.31 bits per heavy atom. The van der Waals surface area contributed by atoms with Crippen LogP contribution in [0.25, 0.3) is 0 Å². The molecule has 1 aromatic rings. The first-order chi connectivity index (χ1) is 6.11. The van der Waals surface area contributed by atoms with Crippen molar-refractivity contribution in [3.63, 3.8) is 0 Å². The third kappa shape index (κ3) is 1.93. The van der Waals surface area contributed by atoms with Gasteiger partial charge in [-0.3, -0.25) is 4.79 Å². The van der Waals surface area contributed by atoms with Crippen LogP contribution in [-0.4, -0.2) is 21.8 Å². The maximum atomic E-state index is 11.3. The zero-order valence-corrected chi connectivity index (χ0v) is 7.84. The summed E-state index contributed by atoms with van der Waals surface area (Å²) in [4.78, 5) is 10.5. The number of nitrogens with one attached hydrogen (secondary N) is 1. The predicted molar refractivity (Wildman–Crippen MR) is 48.1 cm³/mol. The SMILES string of the molecule is CNS(=O)(=O)c1ccccc1C=O. The Morgan fingerprint density at radius 2 is 1.92 bits per heavy atom. The Kier molecular flexibility index (Phi) is 2.79. The van der Waals surface area contributed by atoms with Gasteiger partial charge in [0.2, 0.25) is 10.0 Å². The van der Waals surface area contributed by atoms with Crippen LogP contribution in [0.1, 0.15) is 10.4 Å². The largest absolute Gasteiger partial charge is 0.298 e. The number of hydrogen-bond donors (Lipinski definition) is 1. The minimum Gasteiger partial charge on any atom is -0.298 e. The molecule has 0 aliphatic carbocycles. The molecule has 0 spiro atoms. The van der Waals surface area contributed by atoms with Crippen LogP contribution in [0, 0.1) is 0 Å². The van der Waals surface area contributed by atoms with Gasteiger partial charge in [0.15, 0.2) is 6.29 Å². The molecule has 0 radical (unpaired) electrons. The van der Waals surface area contributed by atoms with Crippen molar-refractivity contribution in [3.05, 3.63) is 29.8 Å². The molecule has 0 saturated carbocycles. The van der Waals surface area contributed by atoms with Crippen LogP contribution in [0.15, 0.2) is 29.2 Å². The van der Waals surface area contributed by atoms with Crippen molar-refractivity contribution in [2.75, 3.05) is 7.05 Å². The average Bonchev–Trinajstić information content (AvgIpc) is 2.18. The summed E-state index contributed by atoms with van der Waals surface area (Å²) >= 11 is 0. The Bertz CT molecular complexity index is 411. The number of sulfonamides is 1. The van der Waals surface area contributed by atoms with E-state index in [1.165, 1.54) is 19.2 Å². The second kappa shape index (κ2) is 3.68. The molecule has 4 nitrogen and oxygen atoms in total. The van der Waals surface area contributed by atoms with E-state index in [1.54, 1.807) is 12.1 Å². The molecule has 0 fully saturated rings. The lowest BCUT2D eigenvalue weighted by Gasteiger charge is -2.03. The maximum absolute atomic E-state index is 11.3. The van der Waals surface area contributed by atoms with Crippen LogP contribution in [-0.2, 0) is 10.0 Å². The molecular formula is C8H9NO3S. The number of carbonyl (C=O) groups excluding carboxylic acids is 1. The van der Waals surface area contributed by atoms with Crippen LogP contribution >= 0.6 is 0 Å². The fourth-order valence-electron chi connectivity index (χ4n) is 0.933. The molecule has 13 heavy (non-hydrogen) atoms. The van der Waals surface area contributed by atoms with Gasteiger partial charge < -0.3 is 0 Å². The third-order valence-electron chi connectivity index (χ3n) is 1.60. The first-order valence-corrected chi connectivity index (χ1v) is 5.08. The Hall–Kier alpha value is -1.20. The zero-order chi connectivity index (χ0) is 9.90. The summed E-state index contributed by atoms with van der Waals surface area (Å²) in [5, 5.41) is 0. The highest BCUT2D eigenvalue weighted by Gasteiger charge is 2.14. The van der Waals surface area contributed by atoms with Crippen LogP contribution in [0.5, 0.6) is 0 Å². The molecule has 0 amide bonds. The molecule has 5 heteroatoms. The minimum absolute atomic E-state index is 0.00694. The first kappa shape index (κ1) is 9.88. The molecular weight excluding hydrogens is 190 g/mol. The van der Waals surface area contributed by atoms with E-state index in [-0.39, 0.29) is 10.5 Å². The molecule has 0 aliphatic heterocycles. The minimum atomic E-state index is -3.52. The number of rotatable bonds is 3. The predicted octanol–water partition coefficient (Wildman–Crippen LogP) is 0.407. The van der Waals surface area contributed by atoms with Crippen LogP contribution in [0.3, 0.4) is 0 Å². The van der Waals surface area contributed by atoms with Gasteiger partial charge in [0.1, 0.15) is 0 Å². The molecule has 0 aromatic heterocycles. The first-order valence-electron chi connectivity index (χ1n) is 3.59. The molecule has 0 heterocycles. The van der Waals surface area contributed by atoms with Gasteiger partial charge >= 0.3 is 0 Å². The summed E-state index contributed by atoms with van der Waals surface area (Å²) in [5.41, 5.74) is 0.164. The van der Waals surface area contributed by atoms with Crippen LogP contribution in [0.4, 0.5) is 0 Å². The van der Waals surface area contributed by atoms with Gasteiger partial charge in [-0.2, -0.15) is 0 Å². The number of carbonyl (C=O) groups is 1. The molecule has 0 bridgehead atoms. The highest BCUT2D eigenvalue weighted by molar-refractivity contribution is 7.89. The molecule has 0 aliphatic rings. The summed E-state index contributed by atoms with van der Waals surface area (Å²) in [6, 6.07) is 6.02. The van der Waals surface area contributed by atoms with E-state index in [0.717, 1.165) is 0 Å². The summed E-state index contributed by atoms with van der Waals surface area (Å²) in [6.07, 6.45) is 0.518. The van der Waals surface area contributed by atoms with Crippen molar-refractivity contribution in [2.24, 2.45) is 0 Å². The molecule has 0 unspecified atom stereocenters. The molecule has 1 aromatic carbocycles. The van der Waals surface area contributed by atoms with E-state index in [1.807, 2.05) is 0 Å². The fraction of sp³-hybridized carbons (Fsp3) is 0.125. The van der Waals surface area contributed by atoms with E-state index >= 15 is 0 Å². The molecule has 0 atom stereocenters. The lowest BCUT2D eigenvalue weighted by molar-refractivity contribution is 0.112. The summed E-state index contributed by atoms with van der Waals surface area (Å²) in [7, 11) is -2.22. The highest BCUT2D eigenvalue weighted by Crippen LogP contribution is 2.12. The van der Waals surface area contributed by atoms with Crippen LogP contribution in [0.2, 0.25) is 0 Å². The van der Waals surface area contributed by atoms with Gasteiger partial charge in [-0.15, -0.1) is 0 Å². The standard InChI is InChI=1S/C8H9NO3S/c1-9-13(11,12)8-5-3-2-4-7(8)6-10/h2-6,9H,1H3. The van der Waals surface area contributed by atoms with Crippen molar-refractivity contribution in [2.45, 2.75) is 4.90 Å². The van der Waals surface area contributed by atoms with E-state index in [9.17, 15) is 13.2 Å². The maximum Gasteiger partial charge on any atom is 0.241 e. The molecule has 1 rings (SSSR count). The monoisotopic (exact) mass is 199 g/mol. The van der Waals surface area contributed by atoms with Crippen molar-refractivity contribution in [1.29, 1.82) is 0 Å². The van der Waals surface area contributed by atoms with E-state index < -0.39 is 10.0 Å². The van der Waals surface area contributed by atoms with Gasteiger partial charge in [0.05, 0.1) is 4.90 Å². The van der Waals surface area contributed by atoms with Crippen molar-refractivity contribution < 1.29 is 13.2 Å².